The smallest absolute Gasteiger partial charge is 0.323 e. The van der Waals surface area contributed by atoms with Crippen molar-refractivity contribution in [2.45, 2.75) is 107 Å². The number of aliphatic hydroxyl groups is 1. The predicted octanol–water partition coefficient (Wildman–Crippen LogP) is 4.49. The first-order chi connectivity index (χ1) is 30.6. The van der Waals surface area contributed by atoms with Crippen molar-refractivity contribution in [2.24, 2.45) is 5.92 Å². The number of aromatic nitrogens is 4. The number of piperazine rings is 1. The minimum atomic E-state index is -0.560. The number of para-hydroxylation sites is 1. The van der Waals surface area contributed by atoms with Gasteiger partial charge >= 0.3 is 5.97 Å². The van der Waals surface area contributed by atoms with Gasteiger partial charge in [0.15, 0.2) is 5.82 Å². The summed E-state index contributed by atoms with van der Waals surface area (Å²) in [6, 6.07) is 15.3. The van der Waals surface area contributed by atoms with E-state index >= 15 is 0 Å². The number of nitrogens with two attached hydrogens (primary N) is 1. The van der Waals surface area contributed by atoms with Crippen LogP contribution in [0, 0.1) is 5.92 Å². The minimum absolute atomic E-state index is 0.0208. The highest BCUT2D eigenvalue weighted by molar-refractivity contribution is 5.76. The number of benzene rings is 1. The van der Waals surface area contributed by atoms with Crippen molar-refractivity contribution in [3.63, 3.8) is 0 Å². The van der Waals surface area contributed by atoms with Gasteiger partial charge in [-0.15, -0.1) is 10.2 Å². The Morgan fingerprint density at radius 3 is 2.46 bits per heavy atom. The summed E-state index contributed by atoms with van der Waals surface area (Å²) in [5, 5.41) is 33.4. The Bertz CT molecular complexity index is 2160. The van der Waals surface area contributed by atoms with Crippen LogP contribution in [0.2, 0.25) is 0 Å². The topological polar surface area (TPSA) is 198 Å². The fourth-order valence-corrected chi connectivity index (χ4v) is 10.2. The van der Waals surface area contributed by atoms with Crippen molar-refractivity contribution < 1.29 is 38.5 Å². The quantitative estimate of drug-likeness (QED) is 0.133. The number of ether oxygens (including phenoxy) is 4. The fraction of sp³-hybridized carbons (Fsp3) is 0.587. The maximum atomic E-state index is 12.3. The van der Waals surface area contributed by atoms with Gasteiger partial charge in [0.2, 0.25) is 5.88 Å². The number of phenolic OH excluding ortho intramolecular Hbond substituents is 1. The first-order valence-corrected chi connectivity index (χ1v) is 22.6. The van der Waals surface area contributed by atoms with E-state index in [-0.39, 0.29) is 41.9 Å². The van der Waals surface area contributed by atoms with Crippen molar-refractivity contribution in [3.8, 4) is 28.8 Å². The molecule has 5 aliphatic rings. The summed E-state index contributed by atoms with van der Waals surface area (Å²) >= 11 is 0. The van der Waals surface area contributed by atoms with E-state index in [2.05, 4.69) is 61.0 Å². The van der Waals surface area contributed by atoms with Crippen molar-refractivity contribution in [1.29, 1.82) is 0 Å². The summed E-state index contributed by atoms with van der Waals surface area (Å²) in [6.45, 7) is 9.98. The lowest BCUT2D eigenvalue weighted by atomic mass is 9.91. The van der Waals surface area contributed by atoms with Gasteiger partial charge in [-0.2, -0.15) is 0 Å². The largest absolute Gasteiger partial charge is 0.507 e. The summed E-state index contributed by atoms with van der Waals surface area (Å²) in [7, 11) is 1.38. The molecule has 3 aromatic heterocycles. The number of fused-ring (bicyclic) bond motifs is 2. The van der Waals surface area contributed by atoms with E-state index in [1.807, 2.05) is 35.4 Å². The third-order valence-corrected chi connectivity index (χ3v) is 13.7. The number of nitrogen functional groups attached to an aromatic ring is 1. The standard InChI is InChI=1S/C46H61N9O8/c1-28(2)37(27-54-26-32(56)19-40(54)46(58)59-3)42-23-44(51-63-42)60-17-16-52-14-11-33(12-15-52)61-34-20-35(21-34)62-43-18-29(10-13-48-43)55-30-8-9-31(55)25-53(24-30)39-22-38(49-50-45(39)47)36-6-4-5-7-41(36)57/h4-7,10,13,18,22-23,28,30-35,37,40,56-57H,8-9,11-12,14-17,19-21,24-27H2,1-3H3,(H2,47,50)/t30?,31?,32-,34?,35?,37-,40+/m1/s1. The summed E-state index contributed by atoms with van der Waals surface area (Å²) < 4.78 is 29.7. The maximum Gasteiger partial charge on any atom is 0.323 e. The van der Waals surface area contributed by atoms with Crippen LogP contribution in [0.5, 0.6) is 17.5 Å². The number of phenols is 1. The van der Waals surface area contributed by atoms with Gasteiger partial charge in [-0.05, 0) is 61.0 Å². The molecule has 7 heterocycles. The zero-order valence-corrected chi connectivity index (χ0v) is 36.5. The zero-order chi connectivity index (χ0) is 43.6. The van der Waals surface area contributed by atoms with Gasteiger partial charge in [0, 0.05) is 113 Å². The third kappa shape index (κ3) is 9.66. The van der Waals surface area contributed by atoms with Crippen LogP contribution in [-0.4, -0.2) is 148 Å². The molecule has 4 aromatic rings. The number of pyridine rings is 1. The van der Waals surface area contributed by atoms with E-state index < -0.39 is 12.1 Å². The molecule has 1 aromatic carbocycles. The molecule has 0 radical (unpaired) electrons. The van der Waals surface area contributed by atoms with E-state index in [0.717, 1.165) is 82.6 Å². The van der Waals surface area contributed by atoms with Gasteiger partial charge in [-0.3, -0.25) is 14.6 Å². The Hall–Kier alpha value is -5.23. The molecule has 0 amide bonds. The average molecular weight is 868 g/mol. The number of anilines is 3. The number of piperidine rings is 1. The molecule has 17 nitrogen and oxygen atoms in total. The van der Waals surface area contributed by atoms with E-state index in [1.54, 1.807) is 12.1 Å². The van der Waals surface area contributed by atoms with Crippen LogP contribution >= 0.6 is 0 Å². The maximum absolute atomic E-state index is 12.3. The highest BCUT2D eigenvalue weighted by Gasteiger charge is 2.42. The molecule has 1 saturated carbocycles. The number of hydrogen-bond donors (Lipinski definition) is 3. The van der Waals surface area contributed by atoms with Gasteiger partial charge in [-0.1, -0.05) is 26.0 Å². The molecule has 5 atom stereocenters. The van der Waals surface area contributed by atoms with Crippen LogP contribution in [0.4, 0.5) is 17.2 Å². The SMILES string of the molecule is COC(=O)[C@@H]1C[C@@H](O)CN1C[C@@H](c1cc(OCCN2CCC(OC3CC(Oc4cc(N5C6CCC5CN(c5cc(-c7ccccc7O)nnc5N)C6)ccn4)C3)CC2)no1)C(C)C. The number of carbonyl (C=O) groups is 1. The molecular formula is C46H61N9O8. The molecule has 1 aliphatic carbocycles. The molecule has 2 unspecified atom stereocenters. The van der Waals surface area contributed by atoms with Gasteiger partial charge < -0.3 is 49.2 Å². The number of carbonyl (C=O) groups excluding carboxylic acids is 1. The van der Waals surface area contributed by atoms with E-state index in [0.29, 0.717) is 72.8 Å². The molecule has 63 heavy (non-hydrogen) atoms. The van der Waals surface area contributed by atoms with E-state index in [9.17, 15) is 15.0 Å². The van der Waals surface area contributed by atoms with Gasteiger partial charge in [-0.25, -0.2) is 4.98 Å². The molecule has 4 N–H and O–H groups in total. The van der Waals surface area contributed by atoms with Crippen molar-refractivity contribution in [1.82, 2.24) is 30.1 Å². The van der Waals surface area contributed by atoms with Crippen molar-refractivity contribution in [2.75, 3.05) is 75.1 Å². The second-order valence-electron chi connectivity index (χ2n) is 18.2. The molecule has 17 heteroatoms. The normalized spacial score (nSPS) is 25.9. The minimum Gasteiger partial charge on any atom is -0.507 e. The highest BCUT2D eigenvalue weighted by Crippen LogP contribution is 2.40. The number of aromatic hydroxyl groups is 1. The lowest BCUT2D eigenvalue weighted by Gasteiger charge is -2.43. The molecule has 0 spiro atoms. The number of β-amino-alcohol motifs (C(OH)–C–C–N with tert-alkyl or cyclic N) is 1. The van der Waals surface area contributed by atoms with Crippen molar-refractivity contribution >= 4 is 23.2 Å². The second kappa shape index (κ2) is 18.9. The Labute approximate surface area is 368 Å². The monoisotopic (exact) mass is 867 g/mol. The second-order valence-corrected chi connectivity index (χ2v) is 18.2. The van der Waals surface area contributed by atoms with Crippen LogP contribution in [0.3, 0.4) is 0 Å². The Kier molecular flexibility index (Phi) is 12.9. The van der Waals surface area contributed by atoms with Gasteiger partial charge in [0.1, 0.15) is 30.3 Å². The molecule has 5 fully saturated rings. The van der Waals surface area contributed by atoms with Gasteiger partial charge in [0.05, 0.1) is 36.8 Å². The lowest BCUT2D eigenvalue weighted by molar-refractivity contribution is -0.146. The van der Waals surface area contributed by atoms with Crippen LogP contribution in [0.1, 0.15) is 70.5 Å². The Morgan fingerprint density at radius 1 is 0.937 bits per heavy atom. The molecule has 9 rings (SSSR count). The molecule has 2 bridgehead atoms. The van der Waals surface area contributed by atoms with Gasteiger partial charge in [0.25, 0.3) is 5.88 Å². The fourth-order valence-electron chi connectivity index (χ4n) is 10.2. The number of likely N-dealkylation sites (tertiary alicyclic amines) is 2. The number of hydrogen-bond acceptors (Lipinski definition) is 17. The van der Waals surface area contributed by atoms with Crippen LogP contribution in [0.25, 0.3) is 11.3 Å². The van der Waals surface area contributed by atoms with Crippen LogP contribution in [0.15, 0.2) is 59.3 Å². The summed E-state index contributed by atoms with van der Waals surface area (Å²) in [5.74, 6) is 2.26. The third-order valence-electron chi connectivity index (χ3n) is 13.7. The summed E-state index contributed by atoms with van der Waals surface area (Å²) in [4.78, 5) is 26.1. The molecular weight excluding hydrogens is 807 g/mol. The first-order valence-electron chi connectivity index (χ1n) is 22.6. The summed E-state index contributed by atoms with van der Waals surface area (Å²) in [6.07, 6.45) is 8.01. The van der Waals surface area contributed by atoms with Crippen LogP contribution < -0.4 is 25.0 Å². The van der Waals surface area contributed by atoms with Crippen LogP contribution in [-0.2, 0) is 14.3 Å². The van der Waals surface area contributed by atoms with Crippen molar-refractivity contribution in [3.05, 3.63) is 60.5 Å². The molecule has 338 valence electrons. The summed E-state index contributed by atoms with van der Waals surface area (Å²) in [5.41, 5.74) is 9.58. The number of nitrogens with zero attached hydrogens (tertiary/aromatic N) is 8. The number of aliphatic hydroxyl groups excluding tert-OH is 1. The number of methoxy groups -OCH3 is 1. The predicted molar refractivity (Wildman–Crippen MR) is 235 cm³/mol. The molecule has 4 aliphatic heterocycles. The first kappa shape index (κ1) is 43.0. The Balaban J connectivity index is 0.691. The van der Waals surface area contributed by atoms with E-state index in [1.165, 1.54) is 7.11 Å². The zero-order valence-electron chi connectivity index (χ0n) is 36.5. The lowest BCUT2D eigenvalue weighted by Crippen LogP contribution is -2.54. The number of esters is 1. The molecule has 4 saturated heterocycles. The average Bonchev–Trinajstić information content (AvgIpc) is 3.97. The number of rotatable bonds is 16. The Morgan fingerprint density at radius 2 is 1.71 bits per heavy atom. The van der Waals surface area contributed by atoms with E-state index in [4.69, 9.17) is 29.2 Å². The highest BCUT2D eigenvalue weighted by atomic mass is 16.5.